The fraction of sp³-hybridized carbons (Fsp3) is 0.385. The third kappa shape index (κ3) is 4.03. The van der Waals surface area contributed by atoms with Crippen LogP contribution in [-0.4, -0.2) is 23.3 Å². The van der Waals surface area contributed by atoms with Gasteiger partial charge >= 0.3 is 5.97 Å². The van der Waals surface area contributed by atoms with Gasteiger partial charge in [0.15, 0.2) is 12.4 Å². The van der Waals surface area contributed by atoms with Crippen molar-refractivity contribution in [2.75, 3.05) is 6.61 Å². The summed E-state index contributed by atoms with van der Waals surface area (Å²) in [4.78, 5) is 33.6. The van der Waals surface area contributed by atoms with E-state index in [2.05, 4.69) is 0 Å². The number of Topliss-reactive ketones (excluding diaryl/α,β-unsaturated/α-hetero) is 1. The van der Waals surface area contributed by atoms with Crippen molar-refractivity contribution < 1.29 is 19.2 Å². The van der Waals surface area contributed by atoms with E-state index in [1.807, 2.05) is 0 Å². The van der Waals surface area contributed by atoms with Crippen LogP contribution in [0.1, 0.15) is 31.1 Å². The van der Waals surface area contributed by atoms with Crippen molar-refractivity contribution in [2.24, 2.45) is 5.41 Å². The molecule has 1 rings (SSSR count). The number of hydrogen-bond donors (Lipinski definition) is 0. The Labute approximate surface area is 120 Å². The Morgan fingerprint density at radius 1 is 1.35 bits per heavy atom. The SMILES string of the molecule is CC(C)(C)C(=O)COC(=O)c1cc(Cl)ccc1[N+](=O)[O-]. The first kappa shape index (κ1) is 16.1. The Kier molecular flexibility index (Phi) is 4.83. The van der Waals surface area contributed by atoms with Gasteiger partial charge in [0.25, 0.3) is 5.69 Å². The van der Waals surface area contributed by atoms with Gasteiger partial charge in [0, 0.05) is 16.5 Å². The van der Waals surface area contributed by atoms with Gasteiger partial charge in [-0.25, -0.2) is 4.79 Å². The second-order valence-corrected chi connectivity index (χ2v) is 5.60. The van der Waals surface area contributed by atoms with Crippen molar-refractivity contribution >= 4 is 29.0 Å². The molecular weight excluding hydrogens is 286 g/mol. The Hall–Kier alpha value is -1.95. The Balaban J connectivity index is 2.91. The fourth-order valence-electron chi connectivity index (χ4n) is 1.26. The lowest BCUT2D eigenvalue weighted by atomic mass is 9.91. The highest BCUT2D eigenvalue weighted by atomic mass is 35.5. The van der Waals surface area contributed by atoms with Crippen molar-refractivity contribution in [2.45, 2.75) is 20.8 Å². The zero-order chi connectivity index (χ0) is 15.5. The predicted octanol–water partition coefficient (Wildman–Crippen LogP) is 3.02. The highest BCUT2D eigenvalue weighted by Crippen LogP contribution is 2.24. The van der Waals surface area contributed by atoms with Gasteiger partial charge in [-0.05, 0) is 12.1 Å². The molecule has 6 nitrogen and oxygen atoms in total. The topological polar surface area (TPSA) is 86.5 Å². The largest absolute Gasteiger partial charge is 0.454 e. The highest BCUT2D eigenvalue weighted by Gasteiger charge is 2.26. The molecule has 0 spiro atoms. The van der Waals surface area contributed by atoms with Crippen LogP contribution < -0.4 is 0 Å². The van der Waals surface area contributed by atoms with Gasteiger partial charge in [0.1, 0.15) is 5.56 Å². The molecule has 0 amide bonds. The minimum atomic E-state index is -0.947. The standard InChI is InChI=1S/C13H14ClNO5/c1-13(2,3)11(16)7-20-12(17)9-6-8(14)4-5-10(9)15(18)19/h4-6H,7H2,1-3H3. The fourth-order valence-corrected chi connectivity index (χ4v) is 1.43. The molecule has 0 N–H and O–H groups in total. The summed E-state index contributed by atoms with van der Waals surface area (Å²) in [7, 11) is 0. The molecule has 0 aliphatic carbocycles. The van der Waals surface area contributed by atoms with Crippen LogP contribution in [0.5, 0.6) is 0 Å². The zero-order valence-corrected chi connectivity index (χ0v) is 12.1. The van der Waals surface area contributed by atoms with E-state index >= 15 is 0 Å². The second-order valence-electron chi connectivity index (χ2n) is 5.17. The van der Waals surface area contributed by atoms with E-state index in [-0.39, 0.29) is 16.4 Å². The van der Waals surface area contributed by atoms with E-state index in [0.717, 1.165) is 12.1 Å². The maximum Gasteiger partial charge on any atom is 0.345 e. The van der Waals surface area contributed by atoms with E-state index < -0.39 is 28.6 Å². The first-order chi connectivity index (χ1) is 9.12. The summed E-state index contributed by atoms with van der Waals surface area (Å²) in [5.41, 5.74) is -1.34. The number of rotatable bonds is 4. The van der Waals surface area contributed by atoms with Crippen molar-refractivity contribution in [3.63, 3.8) is 0 Å². The van der Waals surface area contributed by atoms with Crippen molar-refractivity contribution in [1.29, 1.82) is 0 Å². The lowest BCUT2D eigenvalue weighted by Crippen LogP contribution is -2.26. The molecule has 0 aromatic heterocycles. The first-order valence-corrected chi connectivity index (χ1v) is 6.15. The quantitative estimate of drug-likeness (QED) is 0.484. The van der Waals surface area contributed by atoms with Crippen LogP contribution in [-0.2, 0) is 9.53 Å². The van der Waals surface area contributed by atoms with Crippen molar-refractivity contribution in [3.8, 4) is 0 Å². The number of halogens is 1. The third-order valence-electron chi connectivity index (χ3n) is 2.55. The van der Waals surface area contributed by atoms with E-state index in [1.54, 1.807) is 20.8 Å². The second kappa shape index (κ2) is 6.00. The molecule has 0 radical (unpaired) electrons. The maximum atomic E-state index is 11.8. The maximum absolute atomic E-state index is 11.8. The molecule has 0 saturated heterocycles. The molecule has 7 heteroatoms. The molecular formula is C13H14ClNO5. The average Bonchev–Trinajstić information content (AvgIpc) is 2.33. The number of esters is 1. The normalized spacial score (nSPS) is 11.0. The van der Waals surface area contributed by atoms with E-state index in [1.165, 1.54) is 6.07 Å². The molecule has 0 aliphatic heterocycles. The van der Waals surface area contributed by atoms with Gasteiger partial charge < -0.3 is 4.74 Å². The number of nitrogens with zero attached hydrogens (tertiary/aromatic N) is 1. The zero-order valence-electron chi connectivity index (χ0n) is 11.3. The van der Waals surface area contributed by atoms with Gasteiger partial charge in [0.05, 0.1) is 4.92 Å². The van der Waals surface area contributed by atoms with Crippen LogP contribution in [0, 0.1) is 15.5 Å². The molecule has 0 unspecified atom stereocenters. The average molecular weight is 300 g/mol. The smallest absolute Gasteiger partial charge is 0.345 e. The molecule has 20 heavy (non-hydrogen) atoms. The molecule has 108 valence electrons. The van der Waals surface area contributed by atoms with Crippen LogP contribution in [0.4, 0.5) is 5.69 Å². The van der Waals surface area contributed by atoms with E-state index in [9.17, 15) is 19.7 Å². The summed E-state index contributed by atoms with van der Waals surface area (Å²) in [6, 6.07) is 3.56. The van der Waals surface area contributed by atoms with Gasteiger partial charge in [0.2, 0.25) is 0 Å². The summed E-state index contributed by atoms with van der Waals surface area (Å²) in [5.74, 6) is -1.23. The van der Waals surface area contributed by atoms with Gasteiger partial charge in [-0.2, -0.15) is 0 Å². The molecule has 0 aliphatic rings. The van der Waals surface area contributed by atoms with Crippen LogP contribution in [0.2, 0.25) is 5.02 Å². The number of hydrogen-bond acceptors (Lipinski definition) is 5. The lowest BCUT2D eigenvalue weighted by Gasteiger charge is -2.16. The Morgan fingerprint density at radius 3 is 2.45 bits per heavy atom. The molecule has 0 heterocycles. The number of nitro groups is 1. The Bertz CT molecular complexity index is 562. The van der Waals surface area contributed by atoms with Crippen molar-refractivity contribution in [3.05, 3.63) is 38.9 Å². The number of ether oxygens (including phenoxy) is 1. The molecule has 0 atom stereocenters. The van der Waals surface area contributed by atoms with Gasteiger partial charge in [-0.3, -0.25) is 14.9 Å². The number of carbonyl (C=O) groups excluding carboxylic acids is 2. The first-order valence-electron chi connectivity index (χ1n) is 5.77. The number of ketones is 1. The number of nitro benzene ring substituents is 1. The Morgan fingerprint density at radius 2 is 1.95 bits per heavy atom. The van der Waals surface area contributed by atoms with E-state index in [0.29, 0.717) is 0 Å². The minimum Gasteiger partial charge on any atom is -0.454 e. The summed E-state index contributed by atoms with van der Waals surface area (Å²) in [5, 5.41) is 11.0. The summed E-state index contributed by atoms with van der Waals surface area (Å²) in [6.45, 7) is 4.62. The third-order valence-corrected chi connectivity index (χ3v) is 2.78. The van der Waals surface area contributed by atoms with Crippen LogP contribution in [0.25, 0.3) is 0 Å². The molecule has 0 saturated carbocycles. The monoisotopic (exact) mass is 299 g/mol. The van der Waals surface area contributed by atoms with Gasteiger partial charge in [-0.1, -0.05) is 32.4 Å². The highest BCUT2D eigenvalue weighted by molar-refractivity contribution is 6.31. The summed E-state index contributed by atoms with van der Waals surface area (Å²) >= 11 is 5.70. The van der Waals surface area contributed by atoms with Gasteiger partial charge in [-0.15, -0.1) is 0 Å². The predicted molar refractivity (Wildman–Crippen MR) is 72.9 cm³/mol. The number of carbonyl (C=O) groups is 2. The summed E-state index contributed by atoms with van der Waals surface area (Å²) < 4.78 is 4.81. The summed E-state index contributed by atoms with van der Waals surface area (Å²) in [6.07, 6.45) is 0. The minimum absolute atomic E-state index is 0.171. The van der Waals surface area contributed by atoms with Crippen molar-refractivity contribution in [1.82, 2.24) is 0 Å². The van der Waals surface area contributed by atoms with Crippen LogP contribution in [0.15, 0.2) is 18.2 Å². The van der Waals surface area contributed by atoms with E-state index in [4.69, 9.17) is 16.3 Å². The van der Waals surface area contributed by atoms with Crippen LogP contribution >= 0.6 is 11.6 Å². The molecule has 1 aromatic carbocycles. The molecule has 1 aromatic rings. The van der Waals surface area contributed by atoms with Crippen LogP contribution in [0.3, 0.4) is 0 Å². The lowest BCUT2D eigenvalue weighted by molar-refractivity contribution is -0.385. The number of benzene rings is 1. The molecule has 0 fully saturated rings. The molecule has 0 bridgehead atoms.